The molecule has 78 valence electrons. The lowest BCUT2D eigenvalue weighted by atomic mass is 10.1. The summed E-state index contributed by atoms with van der Waals surface area (Å²) in [5.41, 5.74) is 8.67. The predicted molar refractivity (Wildman–Crippen MR) is 63.3 cm³/mol. The van der Waals surface area contributed by atoms with Gasteiger partial charge in [-0.3, -0.25) is 0 Å². The number of nitrogens with zero attached hydrogens (tertiary/aromatic N) is 1. The highest BCUT2D eigenvalue weighted by molar-refractivity contribution is 7.10. The quantitative estimate of drug-likeness (QED) is 0.846. The van der Waals surface area contributed by atoms with Crippen LogP contribution in [0.2, 0.25) is 0 Å². The summed E-state index contributed by atoms with van der Waals surface area (Å²) in [5.74, 6) is 0.834. The van der Waals surface area contributed by atoms with Crippen LogP contribution in [-0.2, 0) is 0 Å². The molecule has 1 heterocycles. The van der Waals surface area contributed by atoms with Gasteiger partial charge in [0.15, 0.2) is 0 Å². The number of hydrogen-bond acceptors (Lipinski definition) is 4. The molecule has 0 saturated heterocycles. The van der Waals surface area contributed by atoms with E-state index in [2.05, 4.69) is 4.37 Å². The first-order chi connectivity index (χ1) is 7.20. The molecule has 4 heteroatoms. The summed E-state index contributed by atoms with van der Waals surface area (Å²) in [7, 11) is 1.66. The maximum Gasteiger partial charge on any atom is 0.128 e. The maximum atomic E-state index is 5.65. The number of nitrogens with two attached hydrogens (primary N) is 1. The van der Waals surface area contributed by atoms with E-state index in [0.717, 1.165) is 17.0 Å². The lowest BCUT2D eigenvalue weighted by Gasteiger charge is -2.06. The van der Waals surface area contributed by atoms with E-state index in [0.29, 0.717) is 5.00 Å². The Balaban J connectivity index is 2.52. The van der Waals surface area contributed by atoms with E-state index in [1.807, 2.05) is 31.2 Å². The largest absolute Gasteiger partial charge is 0.496 e. The molecule has 0 aliphatic heterocycles. The number of nitrogen functional groups attached to an aromatic ring is 1. The number of rotatable bonds is 2. The fraction of sp³-hybridized carbons (Fsp3) is 0.182. The van der Waals surface area contributed by atoms with Gasteiger partial charge >= 0.3 is 0 Å². The molecular formula is C11H12N2OS. The van der Waals surface area contributed by atoms with Gasteiger partial charge in [0.05, 0.1) is 12.8 Å². The number of benzene rings is 1. The Morgan fingerprint density at radius 3 is 2.73 bits per heavy atom. The molecule has 3 nitrogen and oxygen atoms in total. The second kappa shape index (κ2) is 3.90. The molecule has 0 aliphatic carbocycles. The van der Waals surface area contributed by atoms with Crippen LogP contribution in [-0.4, -0.2) is 11.5 Å². The van der Waals surface area contributed by atoms with Gasteiger partial charge in [-0.25, -0.2) is 0 Å². The molecule has 0 radical (unpaired) electrons. The summed E-state index contributed by atoms with van der Waals surface area (Å²) < 4.78 is 9.57. The number of anilines is 1. The first kappa shape index (κ1) is 9.98. The summed E-state index contributed by atoms with van der Waals surface area (Å²) in [6.07, 6.45) is 0. The van der Waals surface area contributed by atoms with E-state index in [4.69, 9.17) is 10.5 Å². The normalized spacial score (nSPS) is 10.3. The number of ether oxygens (including phenoxy) is 1. The maximum absolute atomic E-state index is 5.65. The summed E-state index contributed by atoms with van der Waals surface area (Å²) >= 11 is 1.29. The monoisotopic (exact) mass is 220 g/mol. The van der Waals surface area contributed by atoms with Gasteiger partial charge in [0.1, 0.15) is 10.8 Å². The molecule has 15 heavy (non-hydrogen) atoms. The molecule has 1 aromatic heterocycles. The van der Waals surface area contributed by atoms with Gasteiger partial charge < -0.3 is 10.5 Å². The van der Waals surface area contributed by atoms with E-state index in [1.54, 1.807) is 7.11 Å². The Hall–Kier alpha value is -1.55. The molecule has 0 atom stereocenters. The van der Waals surface area contributed by atoms with Gasteiger partial charge in [-0.15, -0.1) is 0 Å². The van der Waals surface area contributed by atoms with Crippen LogP contribution in [0.4, 0.5) is 5.00 Å². The van der Waals surface area contributed by atoms with Crippen molar-refractivity contribution in [2.24, 2.45) is 0 Å². The second-order valence-corrected chi connectivity index (χ2v) is 4.15. The topological polar surface area (TPSA) is 48.1 Å². The van der Waals surface area contributed by atoms with Crippen LogP contribution < -0.4 is 10.5 Å². The van der Waals surface area contributed by atoms with Crippen LogP contribution in [0, 0.1) is 6.92 Å². The van der Waals surface area contributed by atoms with Crippen LogP contribution in [0.1, 0.15) is 5.56 Å². The minimum absolute atomic E-state index is 0.715. The van der Waals surface area contributed by atoms with Crippen molar-refractivity contribution in [3.63, 3.8) is 0 Å². The third-order valence-electron chi connectivity index (χ3n) is 2.16. The predicted octanol–water partition coefficient (Wildman–Crippen LogP) is 2.71. The van der Waals surface area contributed by atoms with Crippen molar-refractivity contribution < 1.29 is 4.74 Å². The number of hydrogen-bond donors (Lipinski definition) is 1. The van der Waals surface area contributed by atoms with E-state index in [9.17, 15) is 0 Å². The molecule has 0 fully saturated rings. The second-order valence-electron chi connectivity index (χ2n) is 3.32. The molecule has 1 aromatic carbocycles. The summed E-state index contributed by atoms with van der Waals surface area (Å²) in [6.45, 7) is 2.03. The van der Waals surface area contributed by atoms with Crippen molar-refractivity contribution in [3.05, 3.63) is 29.8 Å². The van der Waals surface area contributed by atoms with Gasteiger partial charge in [-0.1, -0.05) is 6.07 Å². The lowest BCUT2D eigenvalue weighted by Crippen LogP contribution is -1.88. The average Bonchev–Trinajstić information content (AvgIpc) is 2.64. The molecule has 0 amide bonds. The molecule has 0 bridgehead atoms. The minimum atomic E-state index is 0.715. The highest BCUT2D eigenvalue weighted by Gasteiger charge is 2.08. The average molecular weight is 220 g/mol. The third kappa shape index (κ3) is 1.94. The third-order valence-corrected chi connectivity index (χ3v) is 2.78. The molecule has 2 aromatic rings. The fourth-order valence-corrected chi connectivity index (χ4v) is 1.95. The van der Waals surface area contributed by atoms with Crippen molar-refractivity contribution in [1.29, 1.82) is 0 Å². The lowest BCUT2D eigenvalue weighted by molar-refractivity contribution is 0.416. The number of aromatic nitrogens is 1. The van der Waals surface area contributed by atoms with Gasteiger partial charge in [0, 0.05) is 11.6 Å². The van der Waals surface area contributed by atoms with E-state index in [1.165, 1.54) is 17.1 Å². The highest BCUT2D eigenvalue weighted by atomic mass is 32.1. The van der Waals surface area contributed by atoms with Crippen molar-refractivity contribution in [3.8, 4) is 17.0 Å². The zero-order valence-electron chi connectivity index (χ0n) is 8.65. The first-order valence-corrected chi connectivity index (χ1v) is 5.35. The Morgan fingerprint density at radius 1 is 1.33 bits per heavy atom. The molecule has 2 rings (SSSR count). The fourth-order valence-electron chi connectivity index (χ4n) is 1.43. The minimum Gasteiger partial charge on any atom is -0.496 e. The van der Waals surface area contributed by atoms with Crippen LogP contribution in [0.5, 0.6) is 5.75 Å². The van der Waals surface area contributed by atoms with Crippen LogP contribution in [0.15, 0.2) is 24.3 Å². The molecular weight excluding hydrogens is 208 g/mol. The van der Waals surface area contributed by atoms with Gasteiger partial charge in [-0.05, 0) is 36.2 Å². The van der Waals surface area contributed by atoms with E-state index < -0.39 is 0 Å². The summed E-state index contributed by atoms with van der Waals surface area (Å²) in [6, 6.07) is 7.89. The number of methoxy groups -OCH3 is 1. The van der Waals surface area contributed by atoms with E-state index in [-0.39, 0.29) is 0 Å². The summed E-state index contributed by atoms with van der Waals surface area (Å²) in [5, 5.41) is 0.715. The van der Waals surface area contributed by atoms with Crippen molar-refractivity contribution in [2.45, 2.75) is 6.92 Å². The Kier molecular flexibility index (Phi) is 2.60. The smallest absolute Gasteiger partial charge is 0.128 e. The first-order valence-electron chi connectivity index (χ1n) is 4.58. The molecule has 0 aliphatic rings. The van der Waals surface area contributed by atoms with Crippen LogP contribution >= 0.6 is 11.5 Å². The Labute approximate surface area is 92.7 Å². The number of aryl methyl sites for hydroxylation is 1. The van der Waals surface area contributed by atoms with Crippen molar-refractivity contribution in [1.82, 2.24) is 4.37 Å². The van der Waals surface area contributed by atoms with Gasteiger partial charge in [-0.2, -0.15) is 4.37 Å². The van der Waals surface area contributed by atoms with Crippen LogP contribution in [0.25, 0.3) is 11.3 Å². The van der Waals surface area contributed by atoms with E-state index >= 15 is 0 Å². The highest BCUT2D eigenvalue weighted by Crippen LogP contribution is 2.31. The molecule has 0 unspecified atom stereocenters. The molecule has 0 saturated carbocycles. The standard InChI is InChI=1S/C11H12N2OS/c1-7-3-4-8(10(5-7)14-2)9-6-11(12)15-13-9/h3-6H,12H2,1-2H3. The van der Waals surface area contributed by atoms with Crippen molar-refractivity contribution >= 4 is 16.5 Å². The molecule has 2 N–H and O–H groups in total. The summed E-state index contributed by atoms with van der Waals surface area (Å²) in [4.78, 5) is 0. The Bertz CT molecular complexity index is 479. The van der Waals surface area contributed by atoms with Gasteiger partial charge in [0.25, 0.3) is 0 Å². The zero-order chi connectivity index (χ0) is 10.8. The Morgan fingerprint density at radius 2 is 2.13 bits per heavy atom. The molecule has 0 spiro atoms. The van der Waals surface area contributed by atoms with Crippen LogP contribution in [0.3, 0.4) is 0 Å². The van der Waals surface area contributed by atoms with Crippen molar-refractivity contribution in [2.75, 3.05) is 12.8 Å². The van der Waals surface area contributed by atoms with Gasteiger partial charge in [0.2, 0.25) is 0 Å². The zero-order valence-corrected chi connectivity index (χ0v) is 9.47. The SMILES string of the molecule is COc1cc(C)ccc1-c1cc(N)sn1.